The number of nitrogens with zero attached hydrogens (tertiary/aromatic N) is 2. The summed E-state index contributed by atoms with van der Waals surface area (Å²) < 4.78 is 2.08. The molecule has 0 spiro atoms. The van der Waals surface area contributed by atoms with Gasteiger partial charge in [-0.1, -0.05) is 0 Å². The lowest BCUT2D eigenvalue weighted by Crippen LogP contribution is -2.24. The lowest BCUT2D eigenvalue weighted by Gasteiger charge is -2.20. The van der Waals surface area contributed by atoms with Gasteiger partial charge in [0.05, 0.1) is 5.56 Å². The van der Waals surface area contributed by atoms with Gasteiger partial charge in [0, 0.05) is 31.3 Å². The van der Waals surface area contributed by atoms with Gasteiger partial charge in [0.25, 0.3) is 5.91 Å². The first-order valence-electron chi connectivity index (χ1n) is 6.85. The second kappa shape index (κ2) is 5.78. The highest BCUT2D eigenvalue weighted by atomic mass is 16.1. The lowest BCUT2D eigenvalue weighted by molar-refractivity contribution is 0.0955. The number of anilines is 1. The fourth-order valence-corrected chi connectivity index (χ4v) is 2.29. The van der Waals surface area contributed by atoms with Gasteiger partial charge in [-0.05, 0) is 45.0 Å². The number of aromatic nitrogens is 1. The van der Waals surface area contributed by atoms with Crippen LogP contribution in [-0.4, -0.2) is 29.9 Å². The maximum Gasteiger partial charge on any atom is 0.252 e. The molecular weight excluding hydrogens is 238 g/mol. The van der Waals surface area contributed by atoms with Crippen molar-refractivity contribution in [3.05, 3.63) is 36.0 Å². The average Bonchev–Trinajstić information content (AvgIpc) is 2.84. The fraction of sp³-hybridized carbons (Fsp3) is 0.400. The Morgan fingerprint density at radius 3 is 2.47 bits per heavy atom. The molecule has 0 aliphatic carbocycles. The molecule has 0 saturated heterocycles. The van der Waals surface area contributed by atoms with Gasteiger partial charge < -0.3 is 14.6 Å². The standard InChI is InChI=1S/C15H21N3O/c1-4-16-15(19)12-7-8-13-9-10-14(18(13)11-12)17(5-2)6-3/h7-11H,4-6H2,1-3H3,(H,16,19). The maximum atomic E-state index is 11.9. The monoisotopic (exact) mass is 259 g/mol. The number of pyridine rings is 1. The van der Waals surface area contributed by atoms with Crippen LogP contribution in [0.3, 0.4) is 0 Å². The summed E-state index contributed by atoms with van der Waals surface area (Å²) >= 11 is 0. The van der Waals surface area contributed by atoms with Crippen LogP contribution in [0.2, 0.25) is 0 Å². The van der Waals surface area contributed by atoms with E-state index in [1.54, 1.807) is 0 Å². The lowest BCUT2D eigenvalue weighted by atomic mass is 10.2. The molecule has 2 heterocycles. The van der Waals surface area contributed by atoms with Crippen LogP contribution in [0.25, 0.3) is 5.52 Å². The number of carbonyl (C=O) groups excluding carboxylic acids is 1. The van der Waals surface area contributed by atoms with E-state index in [1.165, 1.54) is 0 Å². The molecule has 0 fully saturated rings. The summed E-state index contributed by atoms with van der Waals surface area (Å²) in [5, 5.41) is 2.83. The molecule has 2 aromatic heterocycles. The number of hydrogen-bond donors (Lipinski definition) is 1. The van der Waals surface area contributed by atoms with E-state index in [2.05, 4.69) is 40.6 Å². The van der Waals surface area contributed by atoms with Gasteiger partial charge in [-0.3, -0.25) is 4.79 Å². The molecule has 2 aromatic rings. The summed E-state index contributed by atoms with van der Waals surface area (Å²) in [5.41, 5.74) is 1.80. The van der Waals surface area contributed by atoms with E-state index in [-0.39, 0.29) is 5.91 Å². The van der Waals surface area contributed by atoms with Crippen molar-refractivity contribution in [3.8, 4) is 0 Å². The molecular formula is C15H21N3O. The molecule has 102 valence electrons. The minimum Gasteiger partial charge on any atom is -0.358 e. The first-order chi connectivity index (χ1) is 9.21. The molecule has 0 aromatic carbocycles. The molecule has 1 amide bonds. The van der Waals surface area contributed by atoms with E-state index in [0.29, 0.717) is 12.1 Å². The SMILES string of the molecule is CCNC(=O)c1ccc2ccc(N(CC)CC)n2c1. The first-order valence-corrected chi connectivity index (χ1v) is 6.85. The Morgan fingerprint density at radius 1 is 1.16 bits per heavy atom. The zero-order valence-corrected chi connectivity index (χ0v) is 11.8. The normalized spacial score (nSPS) is 10.7. The zero-order valence-electron chi connectivity index (χ0n) is 11.8. The van der Waals surface area contributed by atoms with Crippen LogP contribution < -0.4 is 10.2 Å². The van der Waals surface area contributed by atoms with Crippen molar-refractivity contribution >= 4 is 17.2 Å². The molecule has 0 radical (unpaired) electrons. The Labute approximate surface area is 114 Å². The smallest absolute Gasteiger partial charge is 0.252 e. The van der Waals surface area contributed by atoms with Crippen LogP contribution in [0.4, 0.5) is 5.82 Å². The van der Waals surface area contributed by atoms with E-state index >= 15 is 0 Å². The quantitative estimate of drug-likeness (QED) is 0.896. The summed E-state index contributed by atoms with van der Waals surface area (Å²) in [4.78, 5) is 14.2. The number of nitrogens with one attached hydrogen (secondary N) is 1. The summed E-state index contributed by atoms with van der Waals surface area (Å²) in [6.07, 6.45) is 1.91. The molecule has 4 heteroatoms. The van der Waals surface area contributed by atoms with Crippen LogP contribution in [0, 0.1) is 0 Å². The number of carbonyl (C=O) groups is 1. The van der Waals surface area contributed by atoms with Crippen molar-refractivity contribution in [1.82, 2.24) is 9.72 Å². The van der Waals surface area contributed by atoms with Crippen LogP contribution in [0.5, 0.6) is 0 Å². The van der Waals surface area contributed by atoms with E-state index < -0.39 is 0 Å². The number of hydrogen-bond acceptors (Lipinski definition) is 2. The van der Waals surface area contributed by atoms with Crippen molar-refractivity contribution in [3.63, 3.8) is 0 Å². The van der Waals surface area contributed by atoms with Gasteiger partial charge in [0.1, 0.15) is 5.82 Å². The molecule has 0 saturated carbocycles. The largest absolute Gasteiger partial charge is 0.358 e. The summed E-state index contributed by atoms with van der Waals surface area (Å²) in [6, 6.07) is 8.03. The number of amides is 1. The third-order valence-corrected chi connectivity index (χ3v) is 3.32. The van der Waals surface area contributed by atoms with E-state index in [9.17, 15) is 4.79 Å². The number of fused-ring (bicyclic) bond motifs is 1. The molecule has 0 unspecified atom stereocenters. The average molecular weight is 259 g/mol. The second-order valence-corrected chi connectivity index (χ2v) is 4.44. The van der Waals surface area contributed by atoms with Crippen LogP contribution in [0.15, 0.2) is 30.5 Å². The van der Waals surface area contributed by atoms with E-state index in [4.69, 9.17) is 0 Å². The summed E-state index contributed by atoms with van der Waals surface area (Å²) in [7, 11) is 0. The van der Waals surface area contributed by atoms with Crippen LogP contribution in [-0.2, 0) is 0 Å². The molecule has 0 aliphatic rings. The highest BCUT2D eigenvalue weighted by Gasteiger charge is 2.10. The maximum absolute atomic E-state index is 11.9. The second-order valence-electron chi connectivity index (χ2n) is 4.44. The van der Waals surface area contributed by atoms with Crippen molar-refractivity contribution < 1.29 is 4.79 Å². The minimum absolute atomic E-state index is 0.0244. The first kappa shape index (κ1) is 13.5. The van der Waals surface area contributed by atoms with Gasteiger partial charge in [-0.2, -0.15) is 0 Å². The van der Waals surface area contributed by atoms with Gasteiger partial charge in [-0.25, -0.2) is 0 Å². The Kier molecular flexibility index (Phi) is 4.10. The molecule has 1 N–H and O–H groups in total. The third kappa shape index (κ3) is 2.57. The molecule has 0 atom stereocenters. The van der Waals surface area contributed by atoms with Crippen LogP contribution >= 0.6 is 0 Å². The fourth-order valence-electron chi connectivity index (χ4n) is 2.29. The summed E-state index contributed by atoms with van der Waals surface area (Å²) in [5.74, 6) is 1.11. The predicted octanol–water partition coefficient (Wildman–Crippen LogP) is 2.54. The highest BCUT2D eigenvalue weighted by Crippen LogP contribution is 2.20. The van der Waals surface area contributed by atoms with Gasteiger partial charge in [-0.15, -0.1) is 0 Å². The molecule has 0 bridgehead atoms. The summed E-state index contributed by atoms with van der Waals surface area (Å²) in [6.45, 7) is 8.74. The zero-order chi connectivity index (χ0) is 13.8. The minimum atomic E-state index is -0.0244. The van der Waals surface area contributed by atoms with Crippen molar-refractivity contribution in [1.29, 1.82) is 0 Å². The van der Waals surface area contributed by atoms with Crippen molar-refractivity contribution in [2.45, 2.75) is 20.8 Å². The Balaban J connectivity index is 2.45. The predicted molar refractivity (Wildman–Crippen MR) is 79.0 cm³/mol. The molecule has 0 aliphatic heterocycles. The molecule has 19 heavy (non-hydrogen) atoms. The van der Waals surface area contributed by atoms with Gasteiger partial charge in [0.15, 0.2) is 0 Å². The molecule has 4 nitrogen and oxygen atoms in total. The number of rotatable bonds is 5. The molecule has 2 rings (SSSR count). The highest BCUT2D eigenvalue weighted by molar-refractivity contribution is 5.94. The van der Waals surface area contributed by atoms with Crippen molar-refractivity contribution in [2.24, 2.45) is 0 Å². The van der Waals surface area contributed by atoms with Crippen molar-refractivity contribution in [2.75, 3.05) is 24.5 Å². The third-order valence-electron chi connectivity index (χ3n) is 3.32. The Morgan fingerprint density at radius 2 is 1.84 bits per heavy atom. The van der Waals surface area contributed by atoms with Gasteiger partial charge in [0.2, 0.25) is 0 Å². The van der Waals surface area contributed by atoms with Crippen LogP contribution in [0.1, 0.15) is 31.1 Å². The topological polar surface area (TPSA) is 36.8 Å². The van der Waals surface area contributed by atoms with E-state index in [0.717, 1.165) is 24.4 Å². The Bertz CT molecular complexity index is 570. The Hall–Kier alpha value is -1.97. The van der Waals surface area contributed by atoms with Gasteiger partial charge >= 0.3 is 0 Å². The van der Waals surface area contributed by atoms with E-state index in [1.807, 2.05) is 25.3 Å².